The Morgan fingerprint density at radius 3 is 1.44 bits per heavy atom. The van der Waals surface area contributed by atoms with Gasteiger partial charge in [0.1, 0.15) is 0 Å². The smallest absolute Gasteiger partial charge is 0.756 e. The molecule has 0 bridgehead atoms. The summed E-state index contributed by atoms with van der Waals surface area (Å²) in [5.41, 5.74) is 0. The van der Waals surface area contributed by atoms with Crippen LogP contribution in [0.5, 0.6) is 0 Å². The third kappa shape index (κ3) is 132. The van der Waals surface area contributed by atoms with Gasteiger partial charge in [0.05, 0.1) is 5.34 Å². The molecule has 0 aromatic heterocycles. The molecule has 0 aromatic rings. The van der Waals surface area contributed by atoms with Crippen LogP contribution < -0.4 is 56.3 Å². The van der Waals surface area contributed by atoms with Gasteiger partial charge in [-0.05, 0) is 0 Å². The van der Waals surface area contributed by atoms with Crippen LogP contribution in [0, 0.1) is 0 Å². The van der Waals surface area contributed by atoms with Crippen LogP contribution in [0.25, 0.3) is 0 Å². The van der Waals surface area contributed by atoms with Gasteiger partial charge in [0.2, 0.25) is 0 Å². The van der Waals surface area contributed by atoms with Gasteiger partial charge in [-0.1, -0.05) is 0 Å². The van der Waals surface area contributed by atoms with Gasteiger partial charge >= 0.3 is 51.4 Å². The maximum Gasteiger partial charge on any atom is 1.00 e. The molecule has 0 aliphatic heterocycles. The molecule has 9 heavy (non-hydrogen) atoms. The Balaban J connectivity index is -0.0000000800. The number of rotatable bonds is 0. The summed E-state index contributed by atoms with van der Waals surface area (Å²) in [4.78, 5) is 22.9. The second-order valence-corrected chi connectivity index (χ2v) is 2.38. The van der Waals surface area contributed by atoms with E-state index in [2.05, 4.69) is 0 Å². The first kappa shape index (κ1) is 17.4. The van der Waals surface area contributed by atoms with E-state index in [4.69, 9.17) is 42.4 Å². The van der Waals surface area contributed by atoms with Crippen LogP contribution >= 0.6 is 31.0 Å². The molecule has 0 heterocycles. The summed E-state index contributed by atoms with van der Waals surface area (Å²) in [7, 11) is -4.89. The summed E-state index contributed by atoms with van der Waals surface area (Å²) in [6.45, 7) is 0. The Kier molecular flexibility index (Phi) is 20.0. The van der Waals surface area contributed by atoms with Gasteiger partial charge in [0.15, 0.2) is 0 Å². The van der Waals surface area contributed by atoms with Crippen LogP contribution in [-0.4, -0.2) is 15.1 Å². The van der Waals surface area contributed by atoms with Gasteiger partial charge < -0.3 is 14.7 Å². The van der Waals surface area contributed by atoms with E-state index in [0.29, 0.717) is 0 Å². The van der Waals surface area contributed by atoms with Crippen LogP contribution in [0.15, 0.2) is 0 Å². The average Bonchev–Trinajstić information content (AvgIpc) is 1.27. The van der Waals surface area contributed by atoms with Crippen molar-refractivity contribution in [2.75, 3.05) is 5.34 Å². The number of hydrogen-bond acceptors (Lipinski definition) is 2. The first-order valence-electron chi connectivity index (χ1n) is 1.30. The van der Waals surface area contributed by atoms with Crippen molar-refractivity contribution in [1.82, 2.24) is 0 Å². The van der Waals surface area contributed by atoms with E-state index in [1.807, 2.05) is 0 Å². The van der Waals surface area contributed by atoms with Gasteiger partial charge in [-0.15, -0.1) is 23.2 Å². The molecule has 0 saturated carbocycles. The van der Waals surface area contributed by atoms with Gasteiger partial charge in [0, 0.05) is 0 Å². The first-order valence-corrected chi connectivity index (χ1v) is 3.90. The van der Waals surface area contributed by atoms with E-state index >= 15 is 0 Å². The van der Waals surface area contributed by atoms with Gasteiger partial charge in [-0.2, -0.15) is 0 Å². The van der Waals surface area contributed by atoms with Crippen LogP contribution in [0.1, 0.15) is 0 Å². The SMILES string of the molecule is ClCCl.O=P([O-])(O)O.[K+]. The fraction of sp³-hybridized carbons (Fsp3) is 1.00. The van der Waals surface area contributed by atoms with Gasteiger partial charge in [0.25, 0.3) is 7.82 Å². The maximum absolute atomic E-state index is 8.77. The molecule has 0 rings (SSSR count). The topological polar surface area (TPSA) is 80.6 Å². The number of phosphoric acid groups is 1. The molecule has 8 heteroatoms. The minimum absolute atomic E-state index is 0. The summed E-state index contributed by atoms with van der Waals surface area (Å²) in [6, 6.07) is 0. The zero-order chi connectivity index (χ0) is 7.21. The molecule has 0 aliphatic rings. The Morgan fingerprint density at radius 2 is 1.44 bits per heavy atom. The van der Waals surface area contributed by atoms with Gasteiger partial charge in [-0.3, -0.25) is 4.57 Å². The van der Waals surface area contributed by atoms with E-state index in [1.54, 1.807) is 0 Å². The molecule has 52 valence electrons. The average molecular weight is 221 g/mol. The Hall–Kier alpha value is 2.33. The first-order chi connectivity index (χ1) is 3.41. The largest absolute Gasteiger partial charge is 1.00 e. The molecule has 0 saturated heterocycles. The zero-order valence-electron chi connectivity index (χ0n) is 4.62. The monoisotopic (exact) mass is 220 g/mol. The summed E-state index contributed by atoms with van der Waals surface area (Å²) < 4.78 is 8.77. The van der Waals surface area contributed by atoms with Crippen LogP contribution in [0.2, 0.25) is 0 Å². The predicted molar refractivity (Wildman–Crippen MR) is 28.6 cm³/mol. The van der Waals surface area contributed by atoms with Crippen LogP contribution in [0.3, 0.4) is 0 Å². The molecule has 0 radical (unpaired) electrons. The molecule has 4 nitrogen and oxygen atoms in total. The fourth-order valence-electron chi connectivity index (χ4n) is 0. The number of halogens is 2. The maximum atomic E-state index is 8.77. The minimum atomic E-state index is -4.89. The molecular formula is CH4Cl2KO4P. The Labute approximate surface area is 105 Å². The van der Waals surface area contributed by atoms with Crippen molar-refractivity contribution in [2.45, 2.75) is 0 Å². The van der Waals surface area contributed by atoms with Crippen molar-refractivity contribution in [3.63, 3.8) is 0 Å². The quantitative estimate of drug-likeness (QED) is 0.257. The second-order valence-electron chi connectivity index (χ2n) is 0.592. The number of hydrogen-bond donors (Lipinski definition) is 2. The molecular weight excluding hydrogens is 217 g/mol. The van der Waals surface area contributed by atoms with E-state index in [0.717, 1.165) is 0 Å². The summed E-state index contributed by atoms with van der Waals surface area (Å²) in [5.74, 6) is 0. The Morgan fingerprint density at radius 1 is 1.44 bits per heavy atom. The fourth-order valence-corrected chi connectivity index (χ4v) is 0. The molecule has 0 fully saturated rings. The normalized spacial score (nSPS) is 8.56. The van der Waals surface area contributed by atoms with Crippen molar-refractivity contribution >= 4 is 31.0 Å². The molecule has 0 aromatic carbocycles. The molecule has 0 unspecified atom stereocenters. The second kappa shape index (κ2) is 10.3. The molecule has 0 atom stereocenters. The van der Waals surface area contributed by atoms with Crippen LogP contribution in [-0.2, 0) is 4.57 Å². The molecule has 2 N–H and O–H groups in total. The van der Waals surface area contributed by atoms with Crippen LogP contribution in [0.4, 0.5) is 0 Å². The van der Waals surface area contributed by atoms with E-state index in [1.165, 1.54) is 0 Å². The summed E-state index contributed by atoms with van der Waals surface area (Å²) in [6.07, 6.45) is 0. The summed E-state index contributed by atoms with van der Waals surface area (Å²) in [5, 5.41) is 0.194. The third-order valence-corrected chi connectivity index (χ3v) is 0. The van der Waals surface area contributed by atoms with Gasteiger partial charge in [-0.25, -0.2) is 0 Å². The molecule has 0 aliphatic carbocycles. The number of alkyl halides is 2. The van der Waals surface area contributed by atoms with Crippen molar-refractivity contribution in [3.8, 4) is 0 Å². The Bertz CT molecular complexity index is 74.4. The van der Waals surface area contributed by atoms with E-state index in [9.17, 15) is 0 Å². The summed E-state index contributed by atoms with van der Waals surface area (Å²) >= 11 is 9.53. The van der Waals surface area contributed by atoms with Crippen molar-refractivity contribution < 1.29 is 70.6 Å². The van der Waals surface area contributed by atoms with Crippen molar-refractivity contribution in [2.24, 2.45) is 0 Å². The molecule has 0 amide bonds. The standard InChI is InChI=1S/CH2Cl2.K.H3O4P/c2-1-3;;1-5(2,3)4/h1H2;;(H3,1,2,3,4)/q;+1;/p-1. The molecule has 0 spiro atoms. The minimum Gasteiger partial charge on any atom is -0.756 e. The van der Waals surface area contributed by atoms with Crippen molar-refractivity contribution in [3.05, 3.63) is 0 Å². The third-order valence-electron chi connectivity index (χ3n) is 0. The van der Waals surface area contributed by atoms with Crippen molar-refractivity contribution in [1.29, 1.82) is 0 Å². The zero-order valence-corrected chi connectivity index (χ0v) is 10.2. The van der Waals surface area contributed by atoms with E-state index in [-0.39, 0.29) is 56.7 Å². The van der Waals surface area contributed by atoms with E-state index < -0.39 is 7.82 Å². The predicted octanol–water partition coefficient (Wildman–Crippen LogP) is -3.14.